The summed E-state index contributed by atoms with van der Waals surface area (Å²) >= 11 is 0. The SMILES string of the molecule is CN(C)C(CNC(=O)c1cnc2ccccc2n1)c1ccco1. The van der Waals surface area contributed by atoms with E-state index in [2.05, 4.69) is 15.3 Å². The smallest absolute Gasteiger partial charge is 0.271 e. The zero-order valence-electron chi connectivity index (χ0n) is 13.1. The van der Waals surface area contributed by atoms with Crippen molar-refractivity contribution in [2.24, 2.45) is 0 Å². The van der Waals surface area contributed by atoms with Crippen LogP contribution in [0.4, 0.5) is 0 Å². The van der Waals surface area contributed by atoms with Gasteiger partial charge in [0.05, 0.1) is 29.5 Å². The Morgan fingerprint density at radius 3 is 2.70 bits per heavy atom. The summed E-state index contributed by atoms with van der Waals surface area (Å²) in [5.74, 6) is 0.557. The van der Waals surface area contributed by atoms with Gasteiger partial charge in [0.1, 0.15) is 11.5 Å². The summed E-state index contributed by atoms with van der Waals surface area (Å²) in [4.78, 5) is 22.9. The van der Waals surface area contributed by atoms with Gasteiger partial charge in [-0.05, 0) is 38.4 Å². The fourth-order valence-electron chi connectivity index (χ4n) is 2.37. The lowest BCUT2D eigenvalue weighted by molar-refractivity contribution is 0.0934. The minimum absolute atomic E-state index is 0.0395. The van der Waals surface area contributed by atoms with Crippen molar-refractivity contribution in [1.82, 2.24) is 20.2 Å². The Balaban J connectivity index is 1.72. The third-order valence-corrected chi connectivity index (χ3v) is 3.63. The van der Waals surface area contributed by atoms with Gasteiger partial charge in [-0.3, -0.25) is 14.7 Å². The van der Waals surface area contributed by atoms with E-state index in [1.165, 1.54) is 6.20 Å². The lowest BCUT2D eigenvalue weighted by Gasteiger charge is -2.22. The molecule has 1 N–H and O–H groups in total. The molecule has 3 aromatic rings. The van der Waals surface area contributed by atoms with Crippen LogP contribution in [0.3, 0.4) is 0 Å². The lowest BCUT2D eigenvalue weighted by atomic mass is 10.2. The van der Waals surface area contributed by atoms with Gasteiger partial charge in [0.2, 0.25) is 0 Å². The van der Waals surface area contributed by atoms with Crippen molar-refractivity contribution < 1.29 is 9.21 Å². The first kappa shape index (κ1) is 15.2. The number of benzene rings is 1. The highest BCUT2D eigenvalue weighted by Gasteiger charge is 2.18. The average Bonchev–Trinajstić information content (AvgIpc) is 3.08. The normalized spacial score (nSPS) is 12.5. The molecule has 2 heterocycles. The van der Waals surface area contributed by atoms with Crippen molar-refractivity contribution in [3.05, 3.63) is 60.3 Å². The van der Waals surface area contributed by atoms with E-state index in [0.29, 0.717) is 17.8 Å². The molecule has 0 fully saturated rings. The number of carbonyl (C=O) groups is 1. The van der Waals surface area contributed by atoms with Crippen molar-refractivity contribution in [2.45, 2.75) is 6.04 Å². The third-order valence-electron chi connectivity index (χ3n) is 3.63. The van der Waals surface area contributed by atoms with Crippen LogP contribution in [-0.2, 0) is 0 Å². The van der Waals surface area contributed by atoms with Gasteiger partial charge >= 0.3 is 0 Å². The average molecular weight is 310 g/mol. The summed E-state index contributed by atoms with van der Waals surface area (Å²) in [5.41, 5.74) is 1.78. The van der Waals surface area contributed by atoms with Crippen LogP contribution in [0, 0.1) is 0 Å². The summed E-state index contributed by atoms with van der Waals surface area (Å²) in [6.07, 6.45) is 3.12. The van der Waals surface area contributed by atoms with Crippen molar-refractivity contribution in [3.8, 4) is 0 Å². The largest absolute Gasteiger partial charge is 0.468 e. The third kappa shape index (κ3) is 3.37. The maximum Gasteiger partial charge on any atom is 0.271 e. The van der Waals surface area contributed by atoms with Crippen molar-refractivity contribution in [3.63, 3.8) is 0 Å². The van der Waals surface area contributed by atoms with Crippen LogP contribution >= 0.6 is 0 Å². The van der Waals surface area contributed by atoms with Gasteiger partial charge in [-0.25, -0.2) is 4.98 Å². The summed E-state index contributed by atoms with van der Waals surface area (Å²) in [6, 6.07) is 11.2. The zero-order chi connectivity index (χ0) is 16.2. The summed E-state index contributed by atoms with van der Waals surface area (Å²) in [6.45, 7) is 0.424. The fraction of sp³-hybridized carbons (Fsp3) is 0.235. The topological polar surface area (TPSA) is 71.3 Å². The molecule has 3 rings (SSSR count). The van der Waals surface area contributed by atoms with Crippen LogP contribution in [0.2, 0.25) is 0 Å². The predicted octanol–water partition coefficient (Wildman–Crippen LogP) is 2.26. The molecule has 6 nitrogen and oxygen atoms in total. The highest BCUT2D eigenvalue weighted by atomic mass is 16.3. The molecule has 1 atom stereocenters. The molecule has 0 bridgehead atoms. The quantitative estimate of drug-likeness (QED) is 0.782. The number of furan rings is 1. The number of amides is 1. The number of aromatic nitrogens is 2. The Morgan fingerprint density at radius 2 is 2.00 bits per heavy atom. The lowest BCUT2D eigenvalue weighted by Crippen LogP contribution is -2.34. The number of rotatable bonds is 5. The van der Waals surface area contributed by atoms with Gasteiger partial charge in [-0.1, -0.05) is 12.1 Å². The summed E-state index contributed by atoms with van der Waals surface area (Å²) < 4.78 is 5.43. The van der Waals surface area contributed by atoms with E-state index in [9.17, 15) is 4.79 Å². The Hall–Kier alpha value is -2.73. The molecule has 1 aromatic carbocycles. The van der Waals surface area contributed by atoms with Gasteiger partial charge in [-0.2, -0.15) is 0 Å². The van der Waals surface area contributed by atoms with Gasteiger partial charge in [0, 0.05) is 6.54 Å². The zero-order valence-corrected chi connectivity index (χ0v) is 13.1. The monoisotopic (exact) mass is 310 g/mol. The van der Waals surface area contributed by atoms with E-state index in [4.69, 9.17) is 4.42 Å². The fourth-order valence-corrected chi connectivity index (χ4v) is 2.37. The Labute approximate surface area is 134 Å². The van der Waals surface area contributed by atoms with E-state index in [1.54, 1.807) is 6.26 Å². The molecule has 1 amide bonds. The van der Waals surface area contributed by atoms with Crippen molar-refractivity contribution in [1.29, 1.82) is 0 Å². The number of hydrogen-bond acceptors (Lipinski definition) is 5. The minimum atomic E-state index is -0.248. The van der Waals surface area contributed by atoms with Crippen molar-refractivity contribution in [2.75, 3.05) is 20.6 Å². The molecular weight excluding hydrogens is 292 g/mol. The van der Waals surface area contributed by atoms with E-state index >= 15 is 0 Å². The first-order valence-corrected chi connectivity index (χ1v) is 7.35. The highest BCUT2D eigenvalue weighted by molar-refractivity contribution is 5.93. The van der Waals surface area contributed by atoms with Gasteiger partial charge in [0.25, 0.3) is 5.91 Å². The first-order chi connectivity index (χ1) is 11.1. The van der Waals surface area contributed by atoms with Crippen LogP contribution in [0.25, 0.3) is 11.0 Å². The minimum Gasteiger partial charge on any atom is -0.468 e. The van der Waals surface area contributed by atoms with Gasteiger partial charge in [-0.15, -0.1) is 0 Å². The van der Waals surface area contributed by atoms with Crippen molar-refractivity contribution >= 4 is 16.9 Å². The van der Waals surface area contributed by atoms with E-state index in [0.717, 1.165) is 11.3 Å². The molecule has 0 saturated carbocycles. The molecular formula is C17H18N4O2. The maximum atomic E-state index is 12.3. The molecule has 0 aliphatic heterocycles. The summed E-state index contributed by atoms with van der Waals surface area (Å²) in [5, 5.41) is 2.89. The number of para-hydroxylation sites is 2. The van der Waals surface area contributed by atoms with Gasteiger partial charge in [0.15, 0.2) is 0 Å². The number of fused-ring (bicyclic) bond motifs is 1. The molecule has 0 spiro atoms. The molecule has 2 aromatic heterocycles. The first-order valence-electron chi connectivity index (χ1n) is 7.35. The summed E-state index contributed by atoms with van der Waals surface area (Å²) in [7, 11) is 3.88. The highest BCUT2D eigenvalue weighted by Crippen LogP contribution is 2.17. The standard InChI is InChI=1S/C17H18N4O2/c1-21(2)15(16-8-5-9-23-16)11-19-17(22)14-10-18-12-6-3-4-7-13(12)20-14/h3-10,15H,11H2,1-2H3,(H,19,22). The predicted molar refractivity (Wildman–Crippen MR) is 87.0 cm³/mol. The molecule has 0 aliphatic rings. The second kappa shape index (κ2) is 6.58. The van der Waals surface area contributed by atoms with E-state index in [1.807, 2.05) is 55.4 Å². The van der Waals surface area contributed by atoms with Crippen LogP contribution in [0.15, 0.2) is 53.3 Å². The number of hydrogen-bond donors (Lipinski definition) is 1. The van der Waals surface area contributed by atoms with Crippen LogP contribution in [0.1, 0.15) is 22.3 Å². The molecule has 118 valence electrons. The number of carbonyl (C=O) groups excluding carboxylic acids is 1. The molecule has 0 saturated heterocycles. The molecule has 0 radical (unpaired) electrons. The van der Waals surface area contributed by atoms with E-state index in [-0.39, 0.29) is 11.9 Å². The Morgan fingerprint density at radius 1 is 1.22 bits per heavy atom. The second-order valence-corrected chi connectivity index (χ2v) is 5.45. The molecule has 1 unspecified atom stereocenters. The van der Waals surface area contributed by atoms with Crippen LogP contribution < -0.4 is 5.32 Å². The number of nitrogens with one attached hydrogen (secondary N) is 1. The maximum absolute atomic E-state index is 12.3. The number of nitrogens with zero attached hydrogens (tertiary/aromatic N) is 3. The number of likely N-dealkylation sites (N-methyl/N-ethyl adjacent to an activating group) is 1. The molecule has 0 aliphatic carbocycles. The molecule has 6 heteroatoms. The second-order valence-electron chi connectivity index (χ2n) is 5.45. The van der Waals surface area contributed by atoms with Crippen LogP contribution in [-0.4, -0.2) is 41.4 Å². The van der Waals surface area contributed by atoms with Gasteiger partial charge < -0.3 is 9.73 Å². The Kier molecular flexibility index (Phi) is 4.34. The van der Waals surface area contributed by atoms with E-state index < -0.39 is 0 Å². The van der Waals surface area contributed by atoms with Crippen LogP contribution in [0.5, 0.6) is 0 Å². The Bertz CT molecular complexity index is 799. The molecule has 23 heavy (non-hydrogen) atoms.